The molecule has 1 aliphatic rings. The van der Waals surface area contributed by atoms with E-state index in [1.54, 1.807) is 48.5 Å². The SMILES string of the molecule is C.C.Cc1ccc(-n2[nH]c(C(F)(F)F)c3ccc4cc(=O)ccc4c32)cc1.Cc1ccc(-n2nc(C(F)(F)F)c3c2-c2ccc(O)c(F)c2CS3)cc1. The first kappa shape index (κ1) is 38.7. The fourth-order valence-electron chi connectivity index (χ4n) is 6.02. The molecule has 0 atom stereocenters. The molecule has 7 aromatic rings. The highest BCUT2D eigenvalue weighted by atomic mass is 32.2. The average Bonchev–Trinajstić information content (AvgIpc) is 3.68. The Morgan fingerprint density at radius 3 is 1.98 bits per heavy atom. The van der Waals surface area contributed by atoms with Gasteiger partial charge in [0, 0.05) is 27.7 Å². The van der Waals surface area contributed by atoms with E-state index in [-0.39, 0.29) is 47.6 Å². The molecule has 0 saturated carbocycles. The zero-order valence-corrected chi connectivity index (χ0v) is 27.4. The maximum atomic E-state index is 14.3. The number of rotatable bonds is 2. The number of hydrogen-bond acceptors (Lipinski definition) is 4. The molecule has 2 N–H and O–H groups in total. The van der Waals surface area contributed by atoms with E-state index in [4.69, 9.17) is 0 Å². The van der Waals surface area contributed by atoms with Crippen molar-refractivity contribution in [1.82, 2.24) is 19.6 Å². The molecular weight excluding hydrogens is 722 g/mol. The molecule has 0 unspecified atom stereocenters. The van der Waals surface area contributed by atoms with Gasteiger partial charge in [-0.05, 0) is 73.8 Å². The number of H-pyrrole nitrogens is 1. The minimum Gasteiger partial charge on any atom is -0.505 e. The van der Waals surface area contributed by atoms with Crippen molar-refractivity contribution in [3.8, 4) is 28.4 Å². The number of benzene rings is 5. The molecule has 0 saturated heterocycles. The molecule has 0 amide bonds. The lowest BCUT2D eigenvalue weighted by Crippen LogP contribution is -2.08. The first-order valence-corrected chi connectivity index (χ1v) is 16.3. The summed E-state index contributed by atoms with van der Waals surface area (Å²) in [7, 11) is 0. The lowest BCUT2D eigenvalue weighted by molar-refractivity contribution is -0.143. The van der Waals surface area contributed by atoms with Crippen molar-refractivity contribution >= 4 is 33.4 Å². The number of nitrogens with zero attached hydrogens (tertiary/aromatic N) is 3. The van der Waals surface area contributed by atoms with Crippen LogP contribution in [0.4, 0.5) is 30.7 Å². The van der Waals surface area contributed by atoms with Crippen molar-refractivity contribution in [3.05, 3.63) is 135 Å². The minimum atomic E-state index is -4.63. The molecule has 6 nitrogen and oxygen atoms in total. The van der Waals surface area contributed by atoms with E-state index >= 15 is 0 Å². The molecule has 8 rings (SSSR count). The Hall–Kier alpha value is -5.50. The number of alkyl halides is 6. The summed E-state index contributed by atoms with van der Waals surface area (Å²) in [6.07, 6.45) is -9.14. The van der Waals surface area contributed by atoms with E-state index in [0.717, 1.165) is 29.0 Å². The van der Waals surface area contributed by atoms with Crippen molar-refractivity contribution in [1.29, 1.82) is 0 Å². The van der Waals surface area contributed by atoms with Crippen molar-refractivity contribution in [3.63, 3.8) is 0 Å². The van der Waals surface area contributed by atoms with E-state index in [1.807, 2.05) is 26.0 Å². The van der Waals surface area contributed by atoms with Crippen LogP contribution in [0.3, 0.4) is 0 Å². The Kier molecular flexibility index (Phi) is 10.3. The van der Waals surface area contributed by atoms with Crippen LogP contribution < -0.4 is 5.43 Å². The summed E-state index contributed by atoms with van der Waals surface area (Å²) in [6.45, 7) is 3.78. The molecule has 0 fully saturated rings. The number of fused-ring (bicyclic) bond motifs is 6. The van der Waals surface area contributed by atoms with Crippen LogP contribution in [0.2, 0.25) is 0 Å². The zero-order valence-electron chi connectivity index (χ0n) is 26.6. The number of hydrogen-bond donors (Lipinski definition) is 2. The smallest absolute Gasteiger partial charge is 0.436 e. The van der Waals surface area contributed by atoms with Crippen molar-refractivity contribution < 1.29 is 35.8 Å². The van der Waals surface area contributed by atoms with Crippen molar-refractivity contribution in [2.24, 2.45) is 0 Å². The van der Waals surface area contributed by atoms with Gasteiger partial charge < -0.3 is 5.11 Å². The highest BCUT2D eigenvalue weighted by Crippen LogP contribution is 2.49. The number of aromatic nitrogens is 4. The monoisotopic (exact) mass is 754 g/mol. The number of aromatic amines is 1. The van der Waals surface area contributed by atoms with Crippen LogP contribution in [0.25, 0.3) is 44.3 Å². The molecule has 276 valence electrons. The van der Waals surface area contributed by atoms with Gasteiger partial charge in [0.05, 0.1) is 27.5 Å². The highest BCUT2D eigenvalue weighted by molar-refractivity contribution is 7.98. The molecule has 0 spiro atoms. The van der Waals surface area contributed by atoms with E-state index < -0.39 is 35.3 Å². The molecule has 53 heavy (non-hydrogen) atoms. The Balaban J connectivity index is 0.000000197. The van der Waals surface area contributed by atoms with Crippen LogP contribution in [0.5, 0.6) is 5.75 Å². The fourth-order valence-corrected chi connectivity index (χ4v) is 7.21. The van der Waals surface area contributed by atoms with Gasteiger partial charge in [0.2, 0.25) is 0 Å². The number of phenols is 1. The number of halogens is 7. The van der Waals surface area contributed by atoms with E-state index in [1.165, 1.54) is 33.6 Å². The van der Waals surface area contributed by atoms with Crippen molar-refractivity contribution in [2.45, 2.75) is 51.7 Å². The lowest BCUT2D eigenvalue weighted by Gasteiger charge is -2.19. The summed E-state index contributed by atoms with van der Waals surface area (Å²) in [5.41, 5.74) is 2.08. The third kappa shape index (κ3) is 7.02. The van der Waals surface area contributed by atoms with Gasteiger partial charge in [-0.15, -0.1) is 11.8 Å². The van der Waals surface area contributed by atoms with E-state index in [9.17, 15) is 40.6 Å². The van der Waals surface area contributed by atoms with E-state index in [0.29, 0.717) is 33.2 Å². The molecule has 5 aromatic carbocycles. The Morgan fingerprint density at radius 1 is 0.774 bits per heavy atom. The van der Waals surface area contributed by atoms with Gasteiger partial charge in [0.25, 0.3) is 0 Å². The summed E-state index contributed by atoms with van der Waals surface area (Å²) < 4.78 is 97.8. The molecule has 0 aliphatic carbocycles. The first-order valence-electron chi connectivity index (χ1n) is 15.3. The third-order valence-electron chi connectivity index (χ3n) is 8.48. The van der Waals surface area contributed by atoms with Crippen LogP contribution in [0.1, 0.15) is 42.9 Å². The summed E-state index contributed by atoms with van der Waals surface area (Å²) in [4.78, 5) is 11.5. The van der Waals surface area contributed by atoms with Gasteiger partial charge in [-0.25, -0.2) is 9.07 Å². The molecule has 0 radical (unpaired) electrons. The largest absolute Gasteiger partial charge is 0.505 e. The summed E-state index contributed by atoms with van der Waals surface area (Å²) >= 11 is 0.872. The molecule has 1 aliphatic heterocycles. The number of phenolic OH excluding ortho intramolecular Hbond substituents is 1. The van der Waals surface area contributed by atoms with Crippen LogP contribution in [0, 0.1) is 19.7 Å². The highest BCUT2D eigenvalue weighted by Gasteiger charge is 2.42. The van der Waals surface area contributed by atoms with Crippen LogP contribution >= 0.6 is 11.8 Å². The number of thioether (sulfide) groups is 1. The van der Waals surface area contributed by atoms with Crippen LogP contribution in [-0.4, -0.2) is 24.7 Å². The zero-order chi connectivity index (χ0) is 36.4. The second-order valence-corrected chi connectivity index (χ2v) is 13.0. The van der Waals surface area contributed by atoms with Gasteiger partial charge in [0.1, 0.15) is 5.69 Å². The lowest BCUT2D eigenvalue weighted by atomic mass is 10.0. The van der Waals surface area contributed by atoms with Crippen LogP contribution in [0.15, 0.2) is 101 Å². The third-order valence-corrected chi connectivity index (χ3v) is 9.59. The predicted molar refractivity (Wildman–Crippen MR) is 195 cm³/mol. The number of aromatic hydroxyl groups is 1. The molecular formula is C39H33F7N4O2S. The quantitative estimate of drug-likeness (QED) is 0.172. The second-order valence-electron chi connectivity index (χ2n) is 12.0. The maximum Gasteiger partial charge on any atom is 0.436 e. The summed E-state index contributed by atoms with van der Waals surface area (Å²) in [5, 5.41) is 17.1. The van der Waals surface area contributed by atoms with Crippen molar-refractivity contribution in [2.75, 3.05) is 0 Å². The fraction of sp³-hybridized carbons (Fsp3) is 0.179. The first-order chi connectivity index (χ1) is 24.1. The topological polar surface area (TPSA) is 75.8 Å². The summed E-state index contributed by atoms with van der Waals surface area (Å²) in [5.74, 6) is -1.35. The second kappa shape index (κ2) is 14.1. The van der Waals surface area contributed by atoms with Gasteiger partial charge in [-0.1, -0.05) is 62.4 Å². The molecule has 2 aromatic heterocycles. The Labute approximate surface area is 303 Å². The van der Waals surface area contributed by atoms with Gasteiger partial charge in [-0.2, -0.15) is 31.4 Å². The predicted octanol–water partition coefficient (Wildman–Crippen LogP) is 11.4. The van der Waals surface area contributed by atoms with Gasteiger partial charge >= 0.3 is 12.4 Å². The number of aryl methyl sites for hydroxylation is 2. The van der Waals surface area contributed by atoms with Gasteiger partial charge in [0.15, 0.2) is 22.7 Å². The number of nitrogens with one attached hydrogen (secondary N) is 1. The molecule has 14 heteroatoms. The Morgan fingerprint density at radius 2 is 1.38 bits per heavy atom. The molecule has 3 heterocycles. The summed E-state index contributed by atoms with van der Waals surface area (Å²) in [6, 6.07) is 23.9. The average molecular weight is 755 g/mol. The standard InChI is InChI=1S/C19H13F3N2O.C18H12F4N2OS.2CH4/c1-11-2-5-13(6-3-11)24-17-15-9-7-14(25)10-12(15)4-8-16(17)18(23-24)19(20,21)22;1-9-2-4-10(5-3-9)24-15-11-6-7-13(25)14(19)12(11)8-26-16(15)17(23-24)18(20,21)22;;/h2-10,23H,1H3;2-7,25H,8H2,1H3;2*1H4. The minimum absolute atomic E-state index is 0. The normalized spacial score (nSPS) is 12.3. The van der Waals surface area contributed by atoms with Crippen LogP contribution in [-0.2, 0) is 18.1 Å². The van der Waals surface area contributed by atoms with E-state index in [2.05, 4.69) is 10.2 Å². The Bertz CT molecular complexity index is 2510. The van der Waals surface area contributed by atoms with Gasteiger partial charge in [-0.3, -0.25) is 14.6 Å². The maximum absolute atomic E-state index is 14.3. The molecule has 0 bridgehead atoms.